The van der Waals surface area contributed by atoms with E-state index < -0.39 is 6.43 Å². The third-order valence-corrected chi connectivity index (χ3v) is 3.25. The molecule has 0 amide bonds. The minimum absolute atomic E-state index is 0.0605. The molecule has 2 nitrogen and oxygen atoms in total. The summed E-state index contributed by atoms with van der Waals surface area (Å²) >= 11 is 0. The molecule has 0 unspecified atom stereocenters. The maximum absolute atomic E-state index is 12.6. The standard InChI is InChI=1S/C16H14F2N2/c17-16(18)13-3-1-2-11(8-13)10-20-14-4-5-15-12(9-14)6-7-19-15/h1-9,16,19-20H,10H2. The fourth-order valence-corrected chi connectivity index (χ4v) is 2.21. The zero-order valence-corrected chi connectivity index (χ0v) is 10.7. The van der Waals surface area contributed by atoms with Gasteiger partial charge in [-0.1, -0.05) is 18.2 Å². The summed E-state index contributed by atoms with van der Waals surface area (Å²) in [6.45, 7) is 0.524. The lowest BCUT2D eigenvalue weighted by molar-refractivity contribution is 0.151. The van der Waals surface area contributed by atoms with Crippen molar-refractivity contribution in [3.8, 4) is 0 Å². The Balaban J connectivity index is 1.73. The van der Waals surface area contributed by atoms with Gasteiger partial charge in [-0.2, -0.15) is 0 Å². The highest BCUT2D eigenvalue weighted by Gasteiger charge is 2.06. The van der Waals surface area contributed by atoms with Crippen LogP contribution in [0.4, 0.5) is 14.5 Å². The lowest BCUT2D eigenvalue weighted by atomic mass is 10.1. The number of nitrogens with one attached hydrogen (secondary N) is 2. The Morgan fingerprint density at radius 1 is 1.05 bits per heavy atom. The number of aromatic amines is 1. The van der Waals surface area contributed by atoms with Crippen LogP contribution < -0.4 is 5.32 Å². The lowest BCUT2D eigenvalue weighted by Crippen LogP contribution is -2.00. The third-order valence-electron chi connectivity index (χ3n) is 3.25. The number of hydrogen-bond donors (Lipinski definition) is 2. The maximum atomic E-state index is 12.6. The Hall–Kier alpha value is -2.36. The predicted octanol–water partition coefficient (Wildman–Crippen LogP) is 4.72. The molecule has 20 heavy (non-hydrogen) atoms. The van der Waals surface area contributed by atoms with Gasteiger partial charge in [-0.25, -0.2) is 8.78 Å². The molecule has 102 valence electrons. The topological polar surface area (TPSA) is 27.8 Å². The van der Waals surface area contributed by atoms with Crippen LogP contribution in [0.15, 0.2) is 54.7 Å². The van der Waals surface area contributed by atoms with E-state index in [0.717, 1.165) is 22.2 Å². The first-order chi connectivity index (χ1) is 9.72. The van der Waals surface area contributed by atoms with E-state index >= 15 is 0 Å². The molecular formula is C16H14F2N2. The number of H-pyrrole nitrogens is 1. The van der Waals surface area contributed by atoms with E-state index in [1.54, 1.807) is 6.07 Å². The summed E-state index contributed by atoms with van der Waals surface area (Å²) in [5.74, 6) is 0. The summed E-state index contributed by atoms with van der Waals surface area (Å²) < 4.78 is 25.3. The van der Waals surface area contributed by atoms with Gasteiger partial charge in [0.1, 0.15) is 0 Å². The molecule has 0 saturated heterocycles. The van der Waals surface area contributed by atoms with Gasteiger partial charge in [0.05, 0.1) is 0 Å². The summed E-state index contributed by atoms with van der Waals surface area (Å²) in [5.41, 5.74) is 2.96. The first-order valence-electron chi connectivity index (χ1n) is 6.40. The number of fused-ring (bicyclic) bond motifs is 1. The highest BCUT2D eigenvalue weighted by molar-refractivity contribution is 5.82. The van der Waals surface area contributed by atoms with E-state index in [2.05, 4.69) is 10.3 Å². The van der Waals surface area contributed by atoms with Gasteiger partial charge in [-0.15, -0.1) is 0 Å². The number of aromatic nitrogens is 1. The minimum atomic E-state index is -2.42. The van der Waals surface area contributed by atoms with Crippen molar-refractivity contribution in [2.75, 3.05) is 5.32 Å². The zero-order valence-electron chi connectivity index (χ0n) is 10.7. The molecule has 0 fully saturated rings. The monoisotopic (exact) mass is 272 g/mol. The van der Waals surface area contributed by atoms with Crippen molar-refractivity contribution in [1.82, 2.24) is 4.98 Å². The Morgan fingerprint density at radius 2 is 1.95 bits per heavy atom. The molecule has 0 atom stereocenters. The molecule has 2 aromatic carbocycles. The van der Waals surface area contributed by atoms with E-state index in [4.69, 9.17) is 0 Å². The van der Waals surface area contributed by atoms with Crippen molar-refractivity contribution in [2.24, 2.45) is 0 Å². The first-order valence-corrected chi connectivity index (χ1v) is 6.40. The van der Waals surface area contributed by atoms with Crippen LogP contribution in [0.1, 0.15) is 17.6 Å². The number of hydrogen-bond acceptors (Lipinski definition) is 1. The average Bonchev–Trinajstić information content (AvgIpc) is 2.93. The molecule has 1 aromatic heterocycles. The number of benzene rings is 2. The van der Waals surface area contributed by atoms with Crippen LogP contribution in [0.2, 0.25) is 0 Å². The molecule has 3 aromatic rings. The molecule has 0 aliphatic heterocycles. The first kappa shape index (κ1) is 12.7. The summed E-state index contributed by atoms with van der Waals surface area (Å²) in [5, 5.41) is 4.37. The normalized spacial score (nSPS) is 11.2. The van der Waals surface area contributed by atoms with Crippen LogP contribution in [0.5, 0.6) is 0 Å². The van der Waals surface area contributed by atoms with Crippen LogP contribution in [0.3, 0.4) is 0 Å². The summed E-state index contributed by atoms with van der Waals surface area (Å²) in [7, 11) is 0. The molecule has 0 radical (unpaired) electrons. The van der Waals surface area contributed by atoms with Gasteiger partial charge in [0, 0.05) is 34.9 Å². The van der Waals surface area contributed by atoms with E-state index in [-0.39, 0.29) is 5.56 Å². The highest BCUT2D eigenvalue weighted by Crippen LogP contribution is 2.21. The van der Waals surface area contributed by atoms with Gasteiger partial charge in [-0.3, -0.25) is 0 Å². The van der Waals surface area contributed by atoms with Crippen molar-refractivity contribution >= 4 is 16.6 Å². The van der Waals surface area contributed by atoms with Crippen LogP contribution in [0.25, 0.3) is 10.9 Å². The number of rotatable bonds is 4. The van der Waals surface area contributed by atoms with Crippen LogP contribution in [-0.4, -0.2) is 4.98 Å². The largest absolute Gasteiger partial charge is 0.381 e. The van der Waals surface area contributed by atoms with E-state index in [1.165, 1.54) is 12.1 Å². The van der Waals surface area contributed by atoms with Crippen molar-refractivity contribution in [3.05, 3.63) is 65.9 Å². The molecule has 0 spiro atoms. The number of anilines is 1. The second-order valence-corrected chi connectivity index (χ2v) is 4.68. The Bertz CT molecular complexity index is 719. The second kappa shape index (κ2) is 5.33. The smallest absolute Gasteiger partial charge is 0.263 e. The lowest BCUT2D eigenvalue weighted by Gasteiger charge is -2.08. The van der Waals surface area contributed by atoms with Crippen LogP contribution in [-0.2, 0) is 6.54 Å². The molecule has 2 N–H and O–H groups in total. The number of alkyl halides is 2. The van der Waals surface area contributed by atoms with E-state index in [1.807, 2.05) is 36.5 Å². The molecule has 4 heteroatoms. The van der Waals surface area contributed by atoms with Crippen LogP contribution in [0, 0.1) is 0 Å². The second-order valence-electron chi connectivity index (χ2n) is 4.68. The van der Waals surface area contributed by atoms with Crippen LogP contribution >= 0.6 is 0 Å². The molecule has 0 aliphatic rings. The molecule has 0 aliphatic carbocycles. The zero-order chi connectivity index (χ0) is 13.9. The van der Waals surface area contributed by atoms with Gasteiger partial charge >= 0.3 is 0 Å². The molecule has 3 rings (SSSR count). The van der Waals surface area contributed by atoms with Crippen molar-refractivity contribution < 1.29 is 8.78 Å². The Kier molecular flexibility index (Phi) is 3.37. The summed E-state index contributed by atoms with van der Waals surface area (Å²) in [6.07, 6.45) is -0.535. The number of halogens is 2. The Morgan fingerprint density at radius 3 is 2.80 bits per heavy atom. The fourth-order valence-electron chi connectivity index (χ4n) is 2.21. The molecule has 0 bridgehead atoms. The minimum Gasteiger partial charge on any atom is -0.381 e. The molecule has 1 heterocycles. The average molecular weight is 272 g/mol. The van der Waals surface area contributed by atoms with Crippen molar-refractivity contribution in [3.63, 3.8) is 0 Å². The molecular weight excluding hydrogens is 258 g/mol. The SMILES string of the molecule is FC(F)c1cccc(CNc2ccc3[nH]ccc3c2)c1. The summed E-state index contributed by atoms with van der Waals surface area (Å²) in [4.78, 5) is 3.13. The van der Waals surface area contributed by atoms with Gasteiger partial charge in [0.15, 0.2) is 0 Å². The third kappa shape index (κ3) is 2.64. The van der Waals surface area contributed by atoms with E-state index in [9.17, 15) is 8.78 Å². The predicted molar refractivity (Wildman–Crippen MR) is 77.0 cm³/mol. The quantitative estimate of drug-likeness (QED) is 0.706. The van der Waals surface area contributed by atoms with Gasteiger partial charge in [-0.05, 0) is 35.9 Å². The summed E-state index contributed by atoms with van der Waals surface area (Å²) in [6, 6.07) is 14.5. The Labute approximate surface area is 115 Å². The highest BCUT2D eigenvalue weighted by atomic mass is 19.3. The maximum Gasteiger partial charge on any atom is 0.263 e. The van der Waals surface area contributed by atoms with Gasteiger partial charge in [0.25, 0.3) is 6.43 Å². The van der Waals surface area contributed by atoms with Gasteiger partial charge in [0.2, 0.25) is 0 Å². The van der Waals surface area contributed by atoms with Crippen molar-refractivity contribution in [2.45, 2.75) is 13.0 Å². The van der Waals surface area contributed by atoms with Crippen molar-refractivity contribution in [1.29, 1.82) is 0 Å². The molecule has 0 saturated carbocycles. The van der Waals surface area contributed by atoms with Gasteiger partial charge < -0.3 is 10.3 Å². The fraction of sp³-hybridized carbons (Fsp3) is 0.125. The van der Waals surface area contributed by atoms with E-state index in [0.29, 0.717) is 6.54 Å².